The number of rotatable bonds is 2. The Morgan fingerprint density at radius 1 is 1.06 bits per heavy atom. The van der Waals surface area contributed by atoms with Crippen molar-refractivity contribution in [1.29, 1.82) is 0 Å². The molecule has 0 aliphatic carbocycles. The molecular formula is C15H12O3. The molecule has 18 heavy (non-hydrogen) atoms. The number of fused-ring (bicyclic) bond motifs is 1. The maximum absolute atomic E-state index is 11.3. The van der Waals surface area contributed by atoms with Crippen LogP contribution in [0.15, 0.2) is 42.5 Å². The van der Waals surface area contributed by atoms with Crippen LogP contribution in [0.1, 0.15) is 15.9 Å². The van der Waals surface area contributed by atoms with E-state index in [4.69, 9.17) is 4.74 Å². The number of aromatic carboxylic acids is 1. The molecule has 90 valence electrons. The quantitative estimate of drug-likeness (QED) is 0.877. The van der Waals surface area contributed by atoms with Gasteiger partial charge in [-0.05, 0) is 17.2 Å². The molecule has 1 aliphatic heterocycles. The van der Waals surface area contributed by atoms with E-state index in [-0.39, 0.29) is 0 Å². The Balaban J connectivity index is 2.22. The lowest BCUT2D eigenvalue weighted by molar-refractivity contribution is 0.0698. The average molecular weight is 240 g/mol. The first-order valence-corrected chi connectivity index (χ1v) is 5.85. The minimum Gasteiger partial charge on any atom is -0.492 e. The SMILES string of the molecule is O=C(O)c1ccccc1-c1cccc2c1OCC2. The van der Waals surface area contributed by atoms with Gasteiger partial charge in [0.05, 0.1) is 12.2 Å². The predicted molar refractivity (Wildman–Crippen MR) is 68.0 cm³/mol. The van der Waals surface area contributed by atoms with Crippen LogP contribution in [0.5, 0.6) is 5.75 Å². The van der Waals surface area contributed by atoms with Gasteiger partial charge in [-0.3, -0.25) is 0 Å². The summed E-state index contributed by atoms with van der Waals surface area (Å²) in [5.41, 5.74) is 3.03. The molecule has 0 amide bonds. The summed E-state index contributed by atoms with van der Waals surface area (Å²) in [7, 11) is 0. The van der Waals surface area contributed by atoms with Gasteiger partial charge in [-0.1, -0.05) is 36.4 Å². The average Bonchev–Trinajstić information content (AvgIpc) is 2.86. The van der Waals surface area contributed by atoms with Crippen LogP contribution in [0.4, 0.5) is 0 Å². The Morgan fingerprint density at radius 3 is 2.67 bits per heavy atom. The van der Waals surface area contributed by atoms with Crippen molar-refractivity contribution in [3.05, 3.63) is 53.6 Å². The van der Waals surface area contributed by atoms with E-state index >= 15 is 0 Å². The summed E-state index contributed by atoms with van der Waals surface area (Å²) in [6.45, 7) is 0.668. The van der Waals surface area contributed by atoms with Crippen molar-refractivity contribution in [2.24, 2.45) is 0 Å². The lowest BCUT2D eigenvalue weighted by Gasteiger charge is -2.10. The van der Waals surface area contributed by atoms with Gasteiger partial charge >= 0.3 is 5.97 Å². The van der Waals surface area contributed by atoms with E-state index in [1.54, 1.807) is 12.1 Å². The molecule has 0 unspecified atom stereocenters. The number of ether oxygens (including phenoxy) is 1. The van der Waals surface area contributed by atoms with E-state index < -0.39 is 5.97 Å². The Kier molecular flexibility index (Phi) is 2.52. The summed E-state index contributed by atoms with van der Waals surface area (Å²) in [4.78, 5) is 11.3. The van der Waals surface area contributed by atoms with Gasteiger partial charge in [0.1, 0.15) is 5.75 Å². The maximum Gasteiger partial charge on any atom is 0.336 e. The number of carboxylic acids is 1. The Hall–Kier alpha value is -2.29. The standard InChI is InChI=1S/C15H12O3/c16-15(17)13-6-2-1-5-11(13)12-7-3-4-10-8-9-18-14(10)12/h1-7H,8-9H2,(H,16,17). The van der Waals surface area contributed by atoms with Crippen LogP contribution >= 0.6 is 0 Å². The van der Waals surface area contributed by atoms with Crippen molar-refractivity contribution in [3.63, 3.8) is 0 Å². The van der Waals surface area contributed by atoms with Gasteiger partial charge in [0.15, 0.2) is 0 Å². The second-order valence-electron chi connectivity index (χ2n) is 4.24. The summed E-state index contributed by atoms with van der Waals surface area (Å²) < 4.78 is 5.63. The smallest absolute Gasteiger partial charge is 0.336 e. The van der Waals surface area contributed by atoms with Crippen LogP contribution in [-0.2, 0) is 6.42 Å². The molecule has 1 heterocycles. The van der Waals surface area contributed by atoms with Gasteiger partial charge in [-0.2, -0.15) is 0 Å². The third-order valence-corrected chi connectivity index (χ3v) is 3.16. The Bertz CT molecular complexity index is 617. The Labute approximate surface area is 105 Å². The number of carboxylic acid groups (broad SMARTS) is 1. The van der Waals surface area contributed by atoms with Gasteiger partial charge in [-0.15, -0.1) is 0 Å². The first-order valence-electron chi connectivity index (χ1n) is 5.85. The minimum absolute atomic E-state index is 0.307. The van der Waals surface area contributed by atoms with Crippen LogP contribution < -0.4 is 4.74 Å². The minimum atomic E-state index is -0.916. The van der Waals surface area contributed by atoms with Gasteiger partial charge in [0.2, 0.25) is 0 Å². The molecule has 3 rings (SSSR count). The molecule has 0 radical (unpaired) electrons. The van der Waals surface area contributed by atoms with Gasteiger partial charge in [-0.25, -0.2) is 4.79 Å². The van der Waals surface area contributed by atoms with Gasteiger partial charge < -0.3 is 9.84 Å². The zero-order valence-corrected chi connectivity index (χ0v) is 9.72. The molecule has 0 saturated heterocycles. The monoisotopic (exact) mass is 240 g/mol. The predicted octanol–water partition coefficient (Wildman–Crippen LogP) is 2.99. The van der Waals surface area contributed by atoms with Crippen molar-refractivity contribution >= 4 is 5.97 Å². The fourth-order valence-corrected chi connectivity index (χ4v) is 2.33. The number of benzene rings is 2. The molecule has 0 spiro atoms. The summed E-state index contributed by atoms with van der Waals surface area (Å²) in [5, 5.41) is 9.23. The maximum atomic E-state index is 11.3. The highest BCUT2D eigenvalue weighted by molar-refractivity contribution is 5.97. The zero-order chi connectivity index (χ0) is 12.5. The van der Waals surface area contributed by atoms with Crippen molar-refractivity contribution in [3.8, 4) is 16.9 Å². The lowest BCUT2D eigenvalue weighted by Crippen LogP contribution is -1.99. The topological polar surface area (TPSA) is 46.5 Å². The molecule has 0 bridgehead atoms. The van der Waals surface area contributed by atoms with E-state index in [9.17, 15) is 9.90 Å². The van der Waals surface area contributed by atoms with Crippen LogP contribution in [-0.4, -0.2) is 17.7 Å². The molecule has 0 atom stereocenters. The molecule has 1 aliphatic rings. The molecular weight excluding hydrogens is 228 g/mol. The van der Waals surface area contributed by atoms with Crippen LogP contribution in [0.25, 0.3) is 11.1 Å². The van der Waals surface area contributed by atoms with Crippen molar-refractivity contribution in [2.75, 3.05) is 6.61 Å². The molecule has 0 fully saturated rings. The molecule has 2 aromatic rings. The fraction of sp³-hybridized carbons (Fsp3) is 0.133. The third kappa shape index (κ3) is 1.64. The van der Waals surface area contributed by atoms with E-state index in [1.165, 1.54) is 0 Å². The van der Waals surface area contributed by atoms with E-state index in [0.717, 1.165) is 23.3 Å². The number of hydrogen-bond acceptors (Lipinski definition) is 2. The van der Waals surface area contributed by atoms with Crippen molar-refractivity contribution < 1.29 is 14.6 Å². The summed E-state index contributed by atoms with van der Waals surface area (Å²) >= 11 is 0. The summed E-state index contributed by atoms with van der Waals surface area (Å²) in [5.74, 6) is -0.0904. The first-order chi connectivity index (χ1) is 8.77. The fourth-order valence-electron chi connectivity index (χ4n) is 2.33. The number of hydrogen-bond donors (Lipinski definition) is 1. The van der Waals surface area contributed by atoms with Crippen LogP contribution in [0.2, 0.25) is 0 Å². The first kappa shape index (κ1) is 10.8. The zero-order valence-electron chi connectivity index (χ0n) is 9.72. The molecule has 2 aromatic carbocycles. The summed E-state index contributed by atoms with van der Waals surface area (Å²) in [6.07, 6.45) is 0.887. The molecule has 0 saturated carbocycles. The van der Waals surface area contributed by atoms with E-state index in [2.05, 4.69) is 0 Å². The second kappa shape index (κ2) is 4.18. The highest BCUT2D eigenvalue weighted by atomic mass is 16.5. The van der Waals surface area contributed by atoms with Gasteiger partial charge in [0.25, 0.3) is 0 Å². The highest BCUT2D eigenvalue weighted by Crippen LogP contribution is 2.38. The third-order valence-electron chi connectivity index (χ3n) is 3.16. The number of para-hydroxylation sites is 1. The van der Waals surface area contributed by atoms with E-state index in [1.807, 2.05) is 30.3 Å². The molecule has 0 aromatic heterocycles. The van der Waals surface area contributed by atoms with E-state index in [0.29, 0.717) is 17.7 Å². The molecule has 3 nitrogen and oxygen atoms in total. The second-order valence-corrected chi connectivity index (χ2v) is 4.24. The normalized spacial score (nSPS) is 12.9. The van der Waals surface area contributed by atoms with Gasteiger partial charge in [0, 0.05) is 12.0 Å². The largest absolute Gasteiger partial charge is 0.492 e. The van der Waals surface area contributed by atoms with Crippen molar-refractivity contribution in [2.45, 2.75) is 6.42 Å². The van der Waals surface area contributed by atoms with Crippen LogP contribution in [0, 0.1) is 0 Å². The summed E-state index contributed by atoms with van der Waals surface area (Å²) in [6, 6.07) is 12.9. The highest BCUT2D eigenvalue weighted by Gasteiger charge is 2.20. The lowest BCUT2D eigenvalue weighted by atomic mass is 9.97. The molecule has 3 heteroatoms. The van der Waals surface area contributed by atoms with Crippen molar-refractivity contribution in [1.82, 2.24) is 0 Å². The number of carbonyl (C=O) groups is 1. The molecule has 1 N–H and O–H groups in total. The Morgan fingerprint density at radius 2 is 1.83 bits per heavy atom. The van der Waals surface area contributed by atoms with Crippen LogP contribution in [0.3, 0.4) is 0 Å².